The fourth-order valence-corrected chi connectivity index (χ4v) is 3.34. The number of rotatable bonds is 8. The number of carbonyl (C=O) groups excluding carboxylic acids is 1. The lowest BCUT2D eigenvalue weighted by Gasteiger charge is -2.08. The van der Waals surface area contributed by atoms with Crippen LogP contribution in [0.2, 0.25) is 5.02 Å². The summed E-state index contributed by atoms with van der Waals surface area (Å²) in [5, 5.41) is 11.7. The zero-order chi connectivity index (χ0) is 23.0. The molecule has 3 aromatic carbocycles. The van der Waals surface area contributed by atoms with Gasteiger partial charge in [0, 0.05) is 16.1 Å². The number of hydrogen-bond acceptors (Lipinski definition) is 4. The number of aromatic nitrogens is 2. The predicted octanol–water partition coefficient (Wildman–Crippen LogP) is 5.64. The van der Waals surface area contributed by atoms with Gasteiger partial charge in [0.25, 0.3) is 5.91 Å². The summed E-state index contributed by atoms with van der Waals surface area (Å²) < 4.78 is 5.81. The number of ether oxygens (including phenoxy) is 1. The average molecular weight is 459 g/mol. The molecule has 0 saturated heterocycles. The molecule has 0 fully saturated rings. The van der Waals surface area contributed by atoms with E-state index in [0.717, 1.165) is 23.1 Å². The molecule has 0 aliphatic carbocycles. The Morgan fingerprint density at radius 2 is 1.85 bits per heavy atom. The molecule has 0 spiro atoms. The van der Waals surface area contributed by atoms with E-state index in [1.807, 2.05) is 72.8 Å². The van der Waals surface area contributed by atoms with E-state index in [0.29, 0.717) is 28.8 Å². The number of H-pyrrole nitrogens is 1. The smallest absolute Gasteiger partial charge is 0.289 e. The third-order valence-electron chi connectivity index (χ3n) is 5.09. The van der Waals surface area contributed by atoms with Gasteiger partial charge in [-0.3, -0.25) is 9.89 Å². The lowest BCUT2D eigenvalue weighted by molar-refractivity contribution is 0.0950. The van der Waals surface area contributed by atoms with Gasteiger partial charge in [-0.1, -0.05) is 61.0 Å². The SMILES string of the molecule is CCc1ccc(/C=N/NC(=O)c2cc(-c3ccc(OCc4ccccc4Cl)cc3)n[nH]2)cc1. The van der Waals surface area contributed by atoms with E-state index in [9.17, 15) is 4.79 Å². The number of nitrogens with zero attached hydrogens (tertiary/aromatic N) is 2. The summed E-state index contributed by atoms with van der Waals surface area (Å²) in [5.41, 5.74) is 7.43. The summed E-state index contributed by atoms with van der Waals surface area (Å²) in [6.07, 6.45) is 2.59. The normalized spacial score (nSPS) is 11.0. The van der Waals surface area contributed by atoms with Gasteiger partial charge in [-0.25, -0.2) is 5.43 Å². The summed E-state index contributed by atoms with van der Waals surface area (Å²) in [5.74, 6) is 0.350. The second-order valence-corrected chi connectivity index (χ2v) is 7.77. The Morgan fingerprint density at radius 3 is 2.58 bits per heavy atom. The molecule has 1 heterocycles. The molecule has 4 aromatic rings. The number of hydrogen-bond donors (Lipinski definition) is 2. The highest BCUT2D eigenvalue weighted by Crippen LogP contribution is 2.23. The van der Waals surface area contributed by atoms with E-state index >= 15 is 0 Å². The van der Waals surface area contributed by atoms with Crippen LogP contribution in [0.25, 0.3) is 11.3 Å². The largest absolute Gasteiger partial charge is 0.489 e. The van der Waals surface area contributed by atoms with Crippen molar-refractivity contribution in [1.82, 2.24) is 15.6 Å². The molecule has 0 bridgehead atoms. The van der Waals surface area contributed by atoms with E-state index in [4.69, 9.17) is 16.3 Å². The van der Waals surface area contributed by atoms with Crippen LogP contribution in [-0.2, 0) is 13.0 Å². The Labute approximate surface area is 197 Å². The van der Waals surface area contributed by atoms with E-state index in [1.165, 1.54) is 5.56 Å². The number of aryl methyl sites for hydroxylation is 1. The van der Waals surface area contributed by atoms with Crippen LogP contribution in [0.3, 0.4) is 0 Å². The summed E-state index contributed by atoms with van der Waals surface area (Å²) in [7, 11) is 0. The van der Waals surface area contributed by atoms with Gasteiger partial charge in [-0.05, 0) is 53.9 Å². The van der Waals surface area contributed by atoms with Crippen LogP contribution in [0.5, 0.6) is 5.75 Å². The number of nitrogens with one attached hydrogen (secondary N) is 2. The maximum absolute atomic E-state index is 12.4. The number of halogens is 1. The van der Waals surface area contributed by atoms with Gasteiger partial charge in [0.1, 0.15) is 18.1 Å². The highest BCUT2D eigenvalue weighted by Gasteiger charge is 2.11. The van der Waals surface area contributed by atoms with Crippen LogP contribution >= 0.6 is 11.6 Å². The maximum atomic E-state index is 12.4. The molecular formula is C26H23ClN4O2. The summed E-state index contributed by atoms with van der Waals surface area (Å²) in [4.78, 5) is 12.4. The van der Waals surface area contributed by atoms with Crippen molar-refractivity contribution in [2.45, 2.75) is 20.0 Å². The third kappa shape index (κ3) is 5.87. The number of hydrazone groups is 1. The summed E-state index contributed by atoms with van der Waals surface area (Å²) in [6, 6.07) is 24.7. The molecule has 4 rings (SSSR count). The van der Waals surface area contributed by atoms with Crippen molar-refractivity contribution in [2.75, 3.05) is 0 Å². The fraction of sp³-hybridized carbons (Fsp3) is 0.115. The Bertz CT molecular complexity index is 1250. The quantitative estimate of drug-likeness (QED) is 0.265. The van der Waals surface area contributed by atoms with Gasteiger partial charge in [-0.2, -0.15) is 10.2 Å². The molecule has 0 aliphatic heterocycles. The molecule has 33 heavy (non-hydrogen) atoms. The minimum Gasteiger partial charge on any atom is -0.489 e. The van der Waals surface area contributed by atoms with Crippen molar-refractivity contribution in [2.24, 2.45) is 5.10 Å². The Balaban J connectivity index is 1.33. The molecule has 0 aliphatic rings. The van der Waals surface area contributed by atoms with Crippen LogP contribution < -0.4 is 10.2 Å². The average Bonchev–Trinajstić information content (AvgIpc) is 3.35. The number of amides is 1. The van der Waals surface area contributed by atoms with Gasteiger partial charge in [0.2, 0.25) is 0 Å². The van der Waals surface area contributed by atoms with Gasteiger partial charge in [0.05, 0.1) is 11.9 Å². The molecule has 0 unspecified atom stereocenters. The van der Waals surface area contributed by atoms with Gasteiger partial charge in [0.15, 0.2) is 0 Å². The first kappa shape index (κ1) is 22.3. The Kier molecular flexibility index (Phi) is 7.17. The number of aromatic amines is 1. The second kappa shape index (κ2) is 10.6. The van der Waals surface area contributed by atoms with Gasteiger partial charge >= 0.3 is 0 Å². The van der Waals surface area contributed by atoms with Crippen molar-refractivity contribution in [1.29, 1.82) is 0 Å². The van der Waals surface area contributed by atoms with E-state index in [-0.39, 0.29) is 5.91 Å². The van der Waals surface area contributed by atoms with Crippen molar-refractivity contribution in [3.05, 3.63) is 106 Å². The Hall–Kier alpha value is -3.90. The highest BCUT2D eigenvalue weighted by atomic mass is 35.5. The lowest BCUT2D eigenvalue weighted by Crippen LogP contribution is -2.17. The lowest BCUT2D eigenvalue weighted by atomic mass is 10.1. The van der Waals surface area contributed by atoms with E-state index in [2.05, 4.69) is 27.6 Å². The minimum atomic E-state index is -0.366. The van der Waals surface area contributed by atoms with Crippen LogP contribution in [-0.4, -0.2) is 22.3 Å². The van der Waals surface area contributed by atoms with E-state index < -0.39 is 0 Å². The van der Waals surface area contributed by atoms with Crippen molar-refractivity contribution < 1.29 is 9.53 Å². The van der Waals surface area contributed by atoms with Gasteiger partial charge in [-0.15, -0.1) is 0 Å². The second-order valence-electron chi connectivity index (χ2n) is 7.37. The molecule has 2 N–H and O–H groups in total. The first-order valence-corrected chi connectivity index (χ1v) is 10.9. The van der Waals surface area contributed by atoms with Gasteiger partial charge < -0.3 is 4.74 Å². The highest BCUT2D eigenvalue weighted by molar-refractivity contribution is 6.31. The topological polar surface area (TPSA) is 79.4 Å². The van der Waals surface area contributed by atoms with Crippen LogP contribution in [0.1, 0.15) is 34.1 Å². The molecule has 0 radical (unpaired) electrons. The third-order valence-corrected chi connectivity index (χ3v) is 5.46. The molecule has 166 valence electrons. The summed E-state index contributed by atoms with van der Waals surface area (Å²) >= 11 is 6.16. The fourth-order valence-electron chi connectivity index (χ4n) is 3.15. The predicted molar refractivity (Wildman–Crippen MR) is 131 cm³/mol. The molecular weight excluding hydrogens is 436 g/mol. The molecule has 7 heteroatoms. The monoisotopic (exact) mass is 458 g/mol. The van der Waals surface area contributed by atoms with Crippen molar-refractivity contribution >= 4 is 23.7 Å². The first-order valence-electron chi connectivity index (χ1n) is 10.6. The molecule has 6 nitrogen and oxygen atoms in total. The maximum Gasteiger partial charge on any atom is 0.289 e. The number of carbonyl (C=O) groups is 1. The molecule has 1 amide bonds. The molecule has 1 aromatic heterocycles. The minimum absolute atomic E-state index is 0.322. The summed E-state index contributed by atoms with van der Waals surface area (Å²) in [6.45, 7) is 2.49. The van der Waals surface area contributed by atoms with Crippen LogP contribution in [0, 0.1) is 0 Å². The molecule has 0 atom stereocenters. The first-order chi connectivity index (χ1) is 16.1. The van der Waals surface area contributed by atoms with Crippen LogP contribution in [0.4, 0.5) is 0 Å². The standard InChI is InChI=1S/C26H23ClN4O2/c1-2-18-7-9-19(10-8-18)16-28-31-26(32)25-15-24(29-30-25)20-11-13-22(14-12-20)33-17-21-5-3-4-6-23(21)27/h3-16H,2,17H2,1H3,(H,29,30)(H,31,32)/b28-16+. The van der Waals surface area contributed by atoms with Crippen molar-refractivity contribution in [3.63, 3.8) is 0 Å². The zero-order valence-electron chi connectivity index (χ0n) is 18.1. The van der Waals surface area contributed by atoms with Crippen LogP contribution in [0.15, 0.2) is 84.0 Å². The molecule has 0 saturated carbocycles. The van der Waals surface area contributed by atoms with Crippen molar-refractivity contribution in [3.8, 4) is 17.0 Å². The Morgan fingerprint density at radius 1 is 1.09 bits per heavy atom. The zero-order valence-corrected chi connectivity index (χ0v) is 18.8. The van der Waals surface area contributed by atoms with E-state index in [1.54, 1.807) is 12.3 Å². The number of benzene rings is 3.